The van der Waals surface area contributed by atoms with Crippen LogP contribution < -0.4 is 4.74 Å². The van der Waals surface area contributed by atoms with Crippen LogP contribution in [0.5, 0.6) is 11.5 Å². The van der Waals surface area contributed by atoms with Gasteiger partial charge in [-0.1, -0.05) is 0 Å². The molecule has 9 nitrogen and oxygen atoms in total. The SMILES string of the molecule is O=C(O)c1ccc(C(=O)O)c(Oc2cc(C(=O)O)ccc2C(=O)O)c1. The smallest absolute Gasteiger partial charge is 0.339 e. The number of carboxylic acids is 4. The van der Waals surface area contributed by atoms with E-state index in [4.69, 9.17) is 25.2 Å². The highest BCUT2D eigenvalue weighted by Crippen LogP contribution is 2.30. The maximum atomic E-state index is 11.2. The number of hydrogen-bond donors (Lipinski definition) is 4. The van der Waals surface area contributed by atoms with Gasteiger partial charge in [0.25, 0.3) is 0 Å². The summed E-state index contributed by atoms with van der Waals surface area (Å²) in [5, 5.41) is 36.3. The molecule has 0 atom stereocenters. The van der Waals surface area contributed by atoms with Crippen molar-refractivity contribution in [2.24, 2.45) is 0 Å². The Labute approximate surface area is 139 Å². The van der Waals surface area contributed by atoms with Crippen LogP contribution in [0.3, 0.4) is 0 Å². The third kappa shape index (κ3) is 3.72. The molecule has 0 fully saturated rings. The van der Waals surface area contributed by atoms with Gasteiger partial charge in [-0.2, -0.15) is 0 Å². The number of hydrogen-bond acceptors (Lipinski definition) is 5. The van der Waals surface area contributed by atoms with Crippen molar-refractivity contribution in [1.82, 2.24) is 0 Å². The zero-order chi connectivity index (χ0) is 18.7. The molecule has 2 aromatic carbocycles. The normalized spacial score (nSPS) is 10.1. The molecule has 0 aliphatic rings. The molecule has 0 aromatic heterocycles. The molecule has 2 rings (SSSR count). The second-order valence-electron chi connectivity index (χ2n) is 4.74. The first-order chi connectivity index (χ1) is 11.7. The Balaban J connectivity index is 2.61. The van der Waals surface area contributed by atoms with Crippen LogP contribution in [0.25, 0.3) is 0 Å². The summed E-state index contributed by atoms with van der Waals surface area (Å²) in [6, 6.07) is 5.88. The summed E-state index contributed by atoms with van der Waals surface area (Å²) in [6.45, 7) is 0. The quantitative estimate of drug-likeness (QED) is 0.615. The van der Waals surface area contributed by atoms with Gasteiger partial charge in [-0.15, -0.1) is 0 Å². The number of carbonyl (C=O) groups is 4. The van der Waals surface area contributed by atoms with E-state index in [-0.39, 0.29) is 11.1 Å². The van der Waals surface area contributed by atoms with Crippen LogP contribution in [0.1, 0.15) is 41.4 Å². The number of benzene rings is 2. The monoisotopic (exact) mass is 346 g/mol. The average molecular weight is 346 g/mol. The van der Waals surface area contributed by atoms with E-state index in [2.05, 4.69) is 0 Å². The van der Waals surface area contributed by atoms with Crippen molar-refractivity contribution in [1.29, 1.82) is 0 Å². The summed E-state index contributed by atoms with van der Waals surface area (Å²) in [6.07, 6.45) is 0. The summed E-state index contributed by atoms with van der Waals surface area (Å²) in [7, 11) is 0. The molecule has 0 amide bonds. The van der Waals surface area contributed by atoms with E-state index in [0.29, 0.717) is 0 Å². The van der Waals surface area contributed by atoms with Crippen molar-refractivity contribution >= 4 is 23.9 Å². The van der Waals surface area contributed by atoms with Gasteiger partial charge in [0.05, 0.1) is 11.1 Å². The lowest BCUT2D eigenvalue weighted by Gasteiger charge is -2.12. The molecule has 128 valence electrons. The maximum absolute atomic E-state index is 11.2. The molecule has 0 radical (unpaired) electrons. The van der Waals surface area contributed by atoms with Gasteiger partial charge >= 0.3 is 23.9 Å². The third-order valence-electron chi connectivity index (χ3n) is 3.14. The van der Waals surface area contributed by atoms with Gasteiger partial charge in [0.1, 0.15) is 22.6 Å². The Morgan fingerprint density at radius 2 is 0.960 bits per heavy atom. The fourth-order valence-corrected chi connectivity index (χ4v) is 1.95. The molecule has 0 spiro atoms. The zero-order valence-corrected chi connectivity index (χ0v) is 12.3. The first-order valence-electron chi connectivity index (χ1n) is 6.60. The number of rotatable bonds is 6. The Kier molecular flexibility index (Phi) is 4.69. The van der Waals surface area contributed by atoms with Crippen molar-refractivity contribution < 1.29 is 44.3 Å². The Morgan fingerprint density at radius 3 is 1.24 bits per heavy atom. The Bertz CT molecular complexity index is 825. The zero-order valence-electron chi connectivity index (χ0n) is 12.3. The Morgan fingerprint density at radius 1 is 0.600 bits per heavy atom. The summed E-state index contributed by atoms with van der Waals surface area (Å²) < 4.78 is 5.26. The minimum absolute atomic E-state index is 0.286. The van der Waals surface area contributed by atoms with Crippen molar-refractivity contribution in [2.45, 2.75) is 0 Å². The summed E-state index contributed by atoms with van der Waals surface area (Å²) >= 11 is 0. The van der Waals surface area contributed by atoms with Gasteiger partial charge < -0.3 is 25.2 Å². The molecule has 0 aliphatic heterocycles. The first-order valence-corrected chi connectivity index (χ1v) is 6.60. The second kappa shape index (κ2) is 6.71. The van der Waals surface area contributed by atoms with Crippen molar-refractivity contribution in [3.63, 3.8) is 0 Å². The predicted molar refractivity (Wildman–Crippen MR) is 80.8 cm³/mol. The van der Waals surface area contributed by atoms with Gasteiger partial charge in [-0.05, 0) is 36.4 Å². The number of carboxylic acid groups (broad SMARTS) is 4. The van der Waals surface area contributed by atoms with Gasteiger partial charge in [-0.25, -0.2) is 19.2 Å². The largest absolute Gasteiger partial charge is 0.478 e. The van der Waals surface area contributed by atoms with Crippen LogP contribution >= 0.6 is 0 Å². The van der Waals surface area contributed by atoms with Gasteiger partial charge in [0.2, 0.25) is 0 Å². The second-order valence-corrected chi connectivity index (χ2v) is 4.74. The first kappa shape index (κ1) is 17.5. The fraction of sp³-hybridized carbons (Fsp3) is 0. The average Bonchev–Trinajstić information content (AvgIpc) is 2.54. The van der Waals surface area contributed by atoms with E-state index < -0.39 is 46.5 Å². The van der Waals surface area contributed by atoms with E-state index in [0.717, 1.165) is 36.4 Å². The minimum Gasteiger partial charge on any atom is -0.478 e. The lowest BCUT2D eigenvalue weighted by atomic mass is 10.1. The van der Waals surface area contributed by atoms with Crippen LogP contribution in [-0.2, 0) is 0 Å². The van der Waals surface area contributed by atoms with E-state index in [9.17, 15) is 19.2 Å². The molecule has 9 heteroatoms. The Hall–Kier alpha value is -3.88. The fourth-order valence-electron chi connectivity index (χ4n) is 1.95. The van der Waals surface area contributed by atoms with Gasteiger partial charge in [0.15, 0.2) is 0 Å². The molecular weight excluding hydrogens is 336 g/mol. The van der Waals surface area contributed by atoms with Crippen LogP contribution in [0.2, 0.25) is 0 Å². The molecular formula is C16H10O9. The number of aromatic carboxylic acids is 4. The molecule has 0 saturated carbocycles. The van der Waals surface area contributed by atoms with Crippen molar-refractivity contribution in [3.8, 4) is 11.5 Å². The molecule has 0 saturated heterocycles. The van der Waals surface area contributed by atoms with Crippen molar-refractivity contribution in [3.05, 3.63) is 58.7 Å². The number of ether oxygens (including phenoxy) is 1. The maximum Gasteiger partial charge on any atom is 0.339 e. The molecule has 4 N–H and O–H groups in total. The van der Waals surface area contributed by atoms with E-state index in [1.807, 2.05) is 0 Å². The minimum atomic E-state index is -1.43. The highest BCUT2D eigenvalue weighted by Gasteiger charge is 2.20. The van der Waals surface area contributed by atoms with Gasteiger partial charge in [0, 0.05) is 0 Å². The van der Waals surface area contributed by atoms with Crippen LogP contribution in [-0.4, -0.2) is 44.3 Å². The van der Waals surface area contributed by atoms with E-state index in [1.54, 1.807) is 0 Å². The summed E-state index contributed by atoms with van der Waals surface area (Å²) in [5.41, 5.74) is -1.40. The molecule has 0 unspecified atom stereocenters. The molecule has 2 aromatic rings. The summed E-state index contributed by atoms with van der Waals surface area (Å²) in [4.78, 5) is 44.6. The standard InChI is InChI=1S/C16H10O9/c17-13(18)7-1-3-9(15(21)22)11(5-7)25-12-6-8(14(19)20)2-4-10(12)16(23)24/h1-6H,(H,17,18)(H,19,20)(H,21,22)(H,23,24). The van der Waals surface area contributed by atoms with E-state index in [1.165, 1.54) is 0 Å². The highest BCUT2D eigenvalue weighted by molar-refractivity contribution is 5.96. The highest BCUT2D eigenvalue weighted by atomic mass is 16.5. The predicted octanol–water partition coefficient (Wildman–Crippen LogP) is 2.27. The third-order valence-corrected chi connectivity index (χ3v) is 3.14. The molecule has 0 bridgehead atoms. The molecule has 0 heterocycles. The van der Waals surface area contributed by atoms with E-state index >= 15 is 0 Å². The van der Waals surface area contributed by atoms with Crippen LogP contribution in [0.15, 0.2) is 36.4 Å². The van der Waals surface area contributed by atoms with Crippen LogP contribution in [0.4, 0.5) is 0 Å². The molecule has 25 heavy (non-hydrogen) atoms. The summed E-state index contributed by atoms with van der Waals surface area (Å²) in [5.74, 6) is -6.43. The molecule has 0 aliphatic carbocycles. The lowest BCUT2D eigenvalue weighted by molar-refractivity contribution is 0.0675. The van der Waals surface area contributed by atoms with Crippen LogP contribution in [0, 0.1) is 0 Å². The van der Waals surface area contributed by atoms with Crippen molar-refractivity contribution in [2.75, 3.05) is 0 Å². The lowest BCUT2D eigenvalue weighted by Crippen LogP contribution is -2.07. The topological polar surface area (TPSA) is 158 Å². The van der Waals surface area contributed by atoms with Gasteiger partial charge in [-0.3, -0.25) is 0 Å².